The molecule has 94 valence electrons. The molecule has 0 aliphatic heterocycles. The first-order valence-corrected chi connectivity index (χ1v) is 6.91. The van der Waals surface area contributed by atoms with Gasteiger partial charge in [0.05, 0.1) is 5.02 Å². The molecular weight excluding hydrogens is 319 g/mol. The standard InChI is InChI=1S/C14H11BrClFO/c15-8-11-3-1-2-4-14(11)18-9-10-5-6-13(17)12(16)7-10/h1-7H,8-9H2. The molecular formula is C14H11BrClFO. The predicted octanol–water partition coefficient (Wildman–Crippen LogP) is 4.95. The summed E-state index contributed by atoms with van der Waals surface area (Å²) in [6.07, 6.45) is 0. The van der Waals surface area contributed by atoms with Crippen molar-refractivity contribution < 1.29 is 9.13 Å². The minimum Gasteiger partial charge on any atom is -0.489 e. The number of hydrogen-bond acceptors (Lipinski definition) is 1. The van der Waals surface area contributed by atoms with E-state index in [1.165, 1.54) is 6.07 Å². The molecule has 0 aromatic heterocycles. The van der Waals surface area contributed by atoms with Crippen LogP contribution < -0.4 is 4.74 Å². The van der Waals surface area contributed by atoms with Gasteiger partial charge in [0.2, 0.25) is 0 Å². The average Bonchev–Trinajstić information content (AvgIpc) is 2.40. The van der Waals surface area contributed by atoms with Crippen molar-refractivity contribution in [1.29, 1.82) is 0 Å². The van der Waals surface area contributed by atoms with Gasteiger partial charge < -0.3 is 4.74 Å². The van der Waals surface area contributed by atoms with Crippen molar-refractivity contribution >= 4 is 27.5 Å². The third-order valence-corrected chi connectivity index (χ3v) is 3.39. The van der Waals surface area contributed by atoms with Crippen LogP contribution in [0.1, 0.15) is 11.1 Å². The van der Waals surface area contributed by atoms with Crippen LogP contribution in [-0.4, -0.2) is 0 Å². The number of benzene rings is 2. The Labute approximate surface area is 119 Å². The van der Waals surface area contributed by atoms with Crippen molar-refractivity contribution in [3.63, 3.8) is 0 Å². The van der Waals surface area contributed by atoms with E-state index in [4.69, 9.17) is 16.3 Å². The lowest BCUT2D eigenvalue weighted by Crippen LogP contribution is -1.98. The first-order valence-electron chi connectivity index (χ1n) is 5.41. The maximum absolute atomic E-state index is 13.0. The second-order valence-electron chi connectivity index (χ2n) is 3.78. The van der Waals surface area contributed by atoms with Crippen LogP contribution in [0.5, 0.6) is 5.75 Å². The summed E-state index contributed by atoms with van der Waals surface area (Å²) in [6, 6.07) is 12.4. The molecule has 0 fully saturated rings. The van der Waals surface area contributed by atoms with E-state index in [0.29, 0.717) is 6.61 Å². The second kappa shape index (κ2) is 6.21. The number of ether oxygens (including phenoxy) is 1. The monoisotopic (exact) mass is 328 g/mol. The van der Waals surface area contributed by atoms with E-state index in [0.717, 1.165) is 22.2 Å². The molecule has 0 radical (unpaired) electrons. The molecule has 18 heavy (non-hydrogen) atoms. The largest absolute Gasteiger partial charge is 0.489 e. The van der Waals surface area contributed by atoms with Gasteiger partial charge in [-0.3, -0.25) is 0 Å². The third kappa shape index (κ3) is 3.24. The fourth-order valence-corrected chi connectivity index (χ4v) is 2.21. The molecule has 0 amide bonds. The van der Waals surface area contributed by atoms with Crippen LogP contribution in [0.3, 0.4) is 0 Å². The van der Waals surface area contributed by atoms with Crippen LogP contribution >= 0.6 is 27.5 Å². The highest BCUT2D eigenvalue weighted by Gasteiger charge is 2.04. The number of halogens is 3. The van der Waals surface area contributed by atoms with Gasteiger partial charge in [-0.15, -0.1) is 0 Å². The van der Waals surface area contributed by atoms with Crippen molar-refractivity contribution in [3.8, 4) is 5.75 Å². The molecule has 0 saturated carbocycles. The number of rotatable bonds is 4. The minimum absolute atomic E-state index is 0.116. The average molecular weight is 330 g/mol. The lowest BCUT2D eigenvalue weighted by atomic mass is 10.2. The Hall–Kier alpha value is -1.06. The van der Waals surface area contributed by atoms with Crippen molar-refractivity contribution in [2.45, 2.75) is 11.9 Å². The molecule has 2 aromatic carbocycles. The van der Waals surface area contributed by atoms with Crippen molar-refractivity contribution in [2.75, 3.05) is 0 Å². The second-order valence-corrected chi connectivity index (χ2v) is 4.75. The van der Waals surface area contributed by atoms with Gasteiger partial charge >= 0.3 is 0 Å². The fourth-order valence-electron chi connectivity index (χ4n) is 1.55. The molecule has 2 rings (SSSR count). The molecule has 0 aliphatic carbocycles. The molecule has 0 aliphatic rings. The van der Waals surface area contributed by atoms with E-state index in [-0.39, 0.29) is 5.02 Å². The summed E-state index contributed by atoms with van der Waals surface area (Å²) in [4.78, 5) is 0. The molecule has 0 bridgehead atoms. The van der Waals surface area contributed by atoms with Crippen LogP contribution in [-0.2, 0) is 11.9 Å². The highest BCUT2D eigenvalue weighted by Crippen LogP contribution is 2.22. The molecule has 0 heterocycles. The van der Waals surface area contributed by atoms with Crippen LogP contribution in [0.4, 0.5) is 4.39 Å². The summed E-state index contributed by atoms with van der Waals surface area (Å²) >= 11 is 9.12. The Kier molecular flexibility index (Phi) is 4.61. The van der Waals surface area contributed by atoms with Gasteiger partial charge in [0.15, 0.2) is 0 Å². The molecule has 0 N–H and O–H groups in total. The van der Waals surface area contributed by atoms with E-state index in [2.05, 4.69) is 15.9 Å². The molecule has 4 heteroatoms. The topological polar surface area (TPSA) is 9.23 Å². The van der Waals surface area contributed by atoms with Gasteiger partial charge in [0, 0.05) is 10.9 Å². The Balaban J connectivity index is 2.09. The Morgan fingerprint density at radius 3 is 2.67 bits per heavy atom. The van der Waals surface area contributed by atoms with Crippen LogP contribution in [0.15, 0.2) is 42.5 Å². The maximum Gasteiger partial charge on any atom is 0.141 e. The Morgan fingerprint density at radius 1 is 1.17 bits per heavy atom. The van der Waals surface area contributed by atoms with Crippen LogP contribution in [0.25, 0.3) is 0 Å². The van der Waals surface area contributed by atoms with Gasteiger partial charge in [-0.1, -0.05) is 51.8 Å². The SMILES string of the molecule is Fc1ccc(COc2ccccc2CBr)cc1Cl. The maximum atomic E-state index is 13.0. The number of hydrogen-bond donors (Lipinski definition) is 0. The van der Waals surface area contributed by atoms with E-state index in [9.17, 15) is 4.39 Å². The molecule has 0 saturated heterocycles. The van der Waals surface area contributed by atoms with Gasteiger partial charge in [0.25, 0.3) is 0 Å². The first kappa shape index (κ1) is 13.4. The molecule has 0 spiro atoms. The summed E-state index contributed by atoms with van der Waals surface area (Å²) in [5.41, 5.74) is 1.91. The minimum atomic E-state index is -0.415. The van der Waals surface area contributed by atoms with E-state index >= 15 is 0 Å². The van der Waals surface area contributed by atoms with Crippen molar-refractivity contribution in [3.05, 3.63) is 64.4 Å². The van der Waals surface area contributed by atoms with Gasteiger partial charge in [-0.25, -0.2) is 4.39 Å². The smallest absolute Gasteiger partial charge is 0.141 e. The fraction of sp³-hybridized carbons (Fsp3) is 0.143. The molecule has 0 atom stereocenters. The van der Waals surface area contributed by atoms with Gasteiger partial charge in [-0.05, 0) is 23.8 Å². The van der Waals surface area contributed by atoms with Crippen LogP contribution in [0.2, 0.25) is 5.02 Å². The first-order chi connectivity index (χ1) is 8.70. The highest BCUT2D eigenvalue weighted by molar-refractivity contribution is 9.08. The molecule has 1 nitrogen and oxygen atoms in total. The summed E-state index contributed by atoms with van der Waals surface area (Å²) in [5, 5.41) is 0.845. The lowest BCUT2D eigenvalue weighted by molar-refractivity contribution is 0.304. The number of alkyl halides is 1. The number of para-hydroxylation sites is 1. The third-order valence-electron chi connectivity index (χ3n) is 2.49. The summed E-state index contributed by atoms with van der Waals surface area (Å²) in [7, 11) is 0. The Morgan fingerprint density at radius 2 is 1.94 bits per heavy atom. The zero-order valence-electron chi connectivity index (χ0n) is 9.50. The molecule has 2 aromatic rings. The van der Waals surface area contributed by atoms with E-state index in [1.807, 2.05) is 24.3 Å². The van der Waals surface area contributed by atoms with Crippen molar-refractivity contribution in [2.24, 2.45) is 0 Å². The summed E-state index contributed by atoms with van der Waals surface area (Å²) in [6.45, 7) is 0.365. The molecule has 0 unspecified atom stereocenters. The van der Waals surface area contributed by atoms with E-state index < -0.39 is 5.82 Å². The summed E-state index contributed by atoms with van der Waals surface area (Å²) in [5.74, 6) is 0.399. The predicted molar refractivity (Wildman–Crippen MR) is 74.8 cm³/mol. The summed E-state index contributed by atoms with van der Waals surface area (Å²) < 4.78 is 18.7. The zero-order valence-corrected chi connectivity index (χ0v) is 11.8. The Bertz CT molecular complexity index is 545. The quantitative estimate of drug-likeness (QED) is 0.721. The zero-order chi connectivity index (χ0) is 13.0. The van der Waals surface area contributed by atoms with Gasteiger partial charge in [0.1, 0.15) is 18.2 Å². The van der Waals surface area contributed by atoms with Crippen LogP contribution in [0, 0.1) is 5.82 Å². The van der Waals surface area contributed by atoms with Crippen molar-refractivity contribution in [1.82, 2.24) is 0 Å². The highest BCUT2D eigenvalue weighted by atomic mass is 79.9. The lowest BCUT2D eigenvalue weighted by Gasteiger charge is -2.10. The van der Waals surface area contributed by atoms with Gasteiger partial charge in [-0.2, -0.15) is 0 Å². The van der Waals surface area contributed by atoms with E-state index in [1.54, 1.807) is 12.1 Å². The normalized spacial score (nSPS) is 10.4.